The van der Waals surface area contributed by atoms with Gasteiger partial charge in [0.1, 0.15) is 4.32 Å². The van der Waals surface area contributed by atoms with E-state index in [1.807, 2.05) is 29.2 Å². The van der Waals surface area contributed by atoms with Crippen LogP contribution in [0.4, 0.5) is 0 Å². The van der Waals surface area contributed by atoms with Gasteiger partial charge in [0.15, 0.2) is 11.5 Å². The lowest BCUT2D eigenvalue weighted by molar-refractivity contribution is -0.132. The smallest absolute Gasteiger partial charge is 0.266 e. The summed E-state index contributed by atoms with van der Waals surface area (Å²) in [6.45, 7) is 2.53. The molecule has 0 atom stereocenters. The Morgan fingerprint density at radius 1 is 1.03 bits per heavy atom. The fourth-order valence-corrected chi connectivity index (χ4v) is 6.37. The third-order valence-corrected chi connectivity index (χ3v) is 8.55. The minimum atomic E-state index is -0.0536. The molecule has 3 aliphatic rings. The van der Waals surface area contributed by atoms with Gasteiger partial charge in [-0.1, -0.05) is 66.8 Å². The highest BCUT2D eigenvalue weighted by Gasteiger charge is 2.31. The van der Waals surface area contributed by atoms with Crippen LogP contribution in [0, 0.1) is 5.92 Å². The van der Waals surface area contributed by atoms with E-state index in [0.29, 0.717) is 33.9 Å². The van der Waals surface area contributed by atoms with Crippen molar-refractivity contribution in [1.82, 2.24) is 9.80 Å². The van der Waals surface area contributed by atoms with Gasteiger partial charge in [-0.15, -0.1) is 0 Å². The minimum absolute atomic E-state index is 0.0536. The first kappa shape index (κ1) is 25.8. The number of carbonyl (C=O) groups is 2. The van der Waals surface area contributed by atoms with Crippen molar-refractivity contribution in [3.05, 3.63) is 64.6 Å². The molecule has 0 spiro atoms. The van der Waals surface area contributed by atoms with Crippen molar-refractivity contribution in [1.29, 1.82) is 0 Å². The van der Waals surface area contributed by atoms with E-state index in [9.17, 15) is 9.59 Å². The molecule has 0 aliphatic carbocycles. The lowest BCUT2D eigenvalue weighted by Crippen LogP contribution is -2.38. The SMILES string of the molecule is O=C(CCCCCN1C(=O)C(=Cc2ccc3c(c2)OCO3)SC1=S)N1CCC(Cc2ccccc2)CC1. The summed E-state index contributed by atoms with van der Waals surface area (Å²) in [6.07, 6.45) is 8.25. The normalized spacial score (nSPS) is 18.8. The topological polar surface area (TPSA) is 59.1 Å². The number of carbonyl (C=O) groups excluding carboxylic acids is 2. The number of thiocarbonyl (C=S) groups is 1. The maximum atomic E-state index is 12.9. The van der Waals surface area contributed by atoms with Gasteiger partial charge in [-0.3, -0.25) is 14.5 Å². The molecule has 2 amide bonds. The summed E-state index contributed by atoms with van der Waals surface area (Å²) in [7, 11) is 0. The molecule has 2 saturated heterocycles. The van der Waals surface area contributed by atoms with Gasteiger partial charge in [-0.25, -0.2) is 0 Å². The van der Waals surface area contributed by atoms with E-state index in [-0.39, 0.29) is 18.6 Å². The average molecular weight is 537 g/mol. The molecule has 5 rings (SSSR count). The lowest BCUT2D eigenvalue weighted by Gasteiger charge is -2.32. The second kappa shape index (κ2) is 12.1. The van der Waals surface area contributed by atoms with Gasteiger partial charge in [-0.05, 0) is 67.4 Å². The number of rotatable bonds is 9. The molecule has 3 aliphatic heterocycles. The molecular weight excluding hydrogens is 504 g/mol. The van der Waals surface area contributed by atoms with Crippen LogP contribution in [0.1, 0.15) is 49.7 Å². The van der Waals surface area contributed by atoms with E-state index in [1.165, 1.54) is 17.3 Å². The molecule has 6 nitrogen and oxygen atoms in total. The Kier molecular flexibility index (Phi) is 8.46. The number of hydrogen-bond donors (Lipinski definition) is 0. The summed E-state index contributed by atoms with van der Waals surface area (Å²) in [4.78, 5) is 29.9. The zero-order chi connectivity index (χ0) is 25.6. The number of amides is 2. The summed E-state index contributed by atoms with van der Waals surface area (Å²) in [5, 5.41) is 0. The predicted molar refractivity (Wildman–Crippen MR) is 150 cm³/mol. The first-order valence-corrected chi connectivity index (χ1v) is 14.3. The third kappa shape index (κ3) is 6.54. The second-order valence-electron chi connectivity index (χ2n) is 9.77. The summed E-state index contributed by atoms with van der Waals surface area (Å²) < 4.78 is 11.4. The fraction of sp³-hybridized carbons (Fsp3) is 0.414. The first-order chi connectivity index (χ1) is 18.1. The molecule has 0 N–H and O–H groups in total. The zero-order valence-electron chi connectivity index (χ0n) is 20.9. The summed E-state index contributed by atoms with van der Waals surface area (Å²) in [5.74, 6) is 2.28. The Morgan fingerprint density at radius 3 is 2.62 bits per heavy atom. The van der Waals surface area contributed by atoms with E-state index in [0.717, 1.165) is 62.9 Å². The van der Waals surface area contributed by atoms with Gasteiger partial charge in [0.2, 0.25) is 12.7 Å². The molecule has 0 unspecified atom stereocenters. The highest BCUT2D eigenvalue weighted by molar-refractivity contribution is 8.26. The Labute approximate surface area is 228 Å². The Morgan fingerprint density at radius 2 is 1.81 bits per heavy atom. The summed E-state index contributed by atoms with van der Waals surface area (Å²) in [5.41, 5.74) is 2.27. The van der Waals surface area contributed by atoms with Crippen LogP contribution in [0.25, 0.3) is 6.08 Å². The highest BCUT2D eigenvalue weighted by Crippen LogP contribution is 2.36. The number of thioether (sulfide) groups is 1. The van der Waals surface area contributed by atoms with Crippen LogP contribution in [-0.4, -0.2) is 52.4 Å². The fourth-order valence-electron chi connectivity index (χ4n) is 5.06. The number of nitrogens with zero attached hydrogens (tertiary/aromatic N) is 2. The van der Waals surface area contributed by atoms with Crippen LogP contribution in [0.2, 0.25) is 0 Å². The van der Waals surface area contributed by atoms with Crippen LogP contribution >= 0.6 is 24.0 Å². The van der Waals surface area contributed by atoms with Crippen LogP contribution in [0.5, 0.6) is 11.5 Å². The van der Waals surface area contributed by atoms with Crippen LogP contribution in [0.3, 0.4) is 0 Å². The van der Waals surface area contributed by atoms with E-state index < -0.39 is 0 Å². The molecule has 0 bridgehead atoms. The van der Waals surface area contributed by atoms with Crippen molar-refractivity contribution < 1.29 is 19.1 Å². The van der Waals surface area contributed by atoms with Gasteiger partial charge < -0.3 is 14.4 Å². The van der Waals surface area contributed by atoms with Crippen molar-refractivity contribution in [3.8, 4) is 11.5 Å². The molecule has 8 heteroatoms. The minimum Gasteiger partial charge on any atom is -0.454 e. The molecule has 0 saturated carbocycles. The molecular formula is C29H32N2O4S2. The summed E-state index contributed by atoms with van der Waals surface area (Å²) >= 11 is 6.80. The Bertz CT molecular complexity index is 1180. The van der Waals surface area contributed by atoms with E-state index in [2.05, 4.69) is 30.3 Å². The largest absolute Gasteiger partial charge is 0.454 e. The zero-order valence-corrected chi connectivity index (χ0v) is 22.5. The number of fused-ring (bicyclic) bond motifs is 1. The Balaban J connectivity index is 1.01. The molecule has 3 heterocycles. The molecule has 194 valence electrons. The van der Waals surface area contributed by atoms with Gasteiger partial charge in [0, 0.05) is 26.1 Å². The quantitative estimate of drug-likeness (QED) is 0.234. The predicted octanol–water partition coefficient (Wildman–Crippen LogP) is 5.66. The molecule has 37 heavy (non-hydrogen) atoms. The molecule has 0 aromatic heterocycles. The summed E-state index contributed by atoms with van der Waals surface area (Å²) in [6, 6.07) is 16.2. The third-order valence-electron chi connectivity index (χ3n) is 7.17. The maximum Gasteiger partial charge on any atom is 0.266 e. The molecule has 2 aromatic carbocycles. The van der Waals surface area contributed by atoms with E-state index in [1.54, 1.807) is 4.90 Å². The number of benzene rings is 2. The lowest BCUT2D eigenvalue weighted by atomic mass is 9.90. The first-order valence-electron chi connectivity index (χ1n) is 13.0. The van der Waals surface area contributed by atoms with Crippen LogP contribution in [0.15, 0.2) is 53.4 Å². The van der Waals surface area contributed by atoms with Crippen molar-refractivity contribution in [2.45, 2.75) is 44.9 Å². The van der Waals surface area contributed by atoms with Gasteiger partial charge in [0.25, 0.3) is 5.91 Å². The van der Waals surface area contributed by atoms with Gasteiger partial charge >= 0.3 is 0 Å². The number of likely N-dealkylation sites (tertiary alicyclic amines) is 1. The van der Waals surface area contributed by atoms with Crippen molar-refractivity contribution in [2.24, 2.45) is 5.92 Å². The van der Waals surface area contributed by atoms with Gasteiger partial charge in [-0.2, -0.15) is 0 Å². The maximum absolute atomic E-state index is 12.9. The monoisotopic (exact) mass is 536 g/mol. The number of unbranched alkanes of at least 4 members (excludes halogenated alkanes) is 2. The standard InChI is InChI=1S/C29H32N2O4S2/c32-27(30-15-12-22(13-16-30)17-21-7-3-1-4-8-21)9-5-2-6-14-31-28(33)26(37-29(31)36)19-23-10-11-24-25(18-23)35-20-34-24/h1,3-4,7-8,10-11,18-19,22H,2,5-6,9,12-17,20H2. The van der Waals surface area contributed by atoms with Crippen LogP contribution in [-0.2, 0) is 16.0 Å². The number of piperidine rings is 1. The van der Waals surface area contributed by atoms with Crippen molar-refractivity contribution in [3.63, 3.8) is 0 Å². The van der Waals surface area contributed by atoms with Crippen molar-refractivity contribution in [2.75, 3.05) is 26.4 Å². The molecule has 0 radical (unpaired) electrons. The van der Waals surface area contributed by atoms with E-state index >= 15 is 0 Å². The average Bonchev–Trinajstić information content (AvgIpc) is 3.48. The van der Waals surface area contributed by atoms with Gasteiger partial charge in [0.05, 0.1) is 4.91 Å². The second-order valence-corrected chi connectivity index (χ2v) is 11.4. The number of ether oxygens (including phenoxy) is 2. The van der Waals surface area contributed by atoms with E-state index in [4.69, 9.17) is 21.7 Å². The Hall–Kier alpha value is -2.84. The van der Waals surface area contributed by atoms with Crippen molar-refractivity contribution >= 4 is 46.2 Å². The van der Waals surface area contributed by atoms with Crippen LogP contribution < -0.4 is 9.47 Å². The highest BCUT2D eigenvalue weighted by atomic mass is 32.2. The molecule has 2 fully saturated rings. The number of hydrogen-bond acceptors (Lipinski definition) is 6. The molecule has 2 aromatic rings.